The molecule has 0 aliphatic carbocycles. The van der Waals surface area contributed by atoms with Gasteiger partial charge in [-0.2, -0.15) is 0 Å². The Bertz CT molecular complexity index is 557. The Morgan fingerprint density at radius 2 is 2.00 bits per heavy atom. The van der Waals surface area contributed by atoms with Crippen LogP contribution < -0.4 is 10.9 Å². The van der Waals surface area contributed by atoms with Crippen LogP contribution in [0, 0.1) is 0 Å². The van der Waals surface area contributed by atoms with E-state index in [9.17, 15) is 4.79 Å². The predicted octanol–water partition coefficient (Wildman–Crippen LogP) is 2.62. The monoisotopic (exact) mass is 248 g/mol. The maximum absolute atomic E-state index is 11.2. The average molecular weight is 248 g/mol. The highest BCUT2D eigenvalue weighted by Crippen LogP contribution is 2.18. The zero-order valence-corrected chi connectivity index (χ0v) is 10.9. The molecule has 0 fully saturated rings. The van der Waals surface area contributed by atoms with Gasteiger partial charge in [0.05, 0.1) is 5.69 Å². The Morgan fingerprint density at radius 3 is 2.65 bits per heavy atom. The van der Waals surface area contributed by atoms with Gasteiger partial charge in [0.2, 0.25) is 5.56 Å². The minimum atomic E-state index is 0.0138. The first kappa shape index (κ1) is 11.9. The highest BCUT2D eigenvalue weighted by molar-refractivity contribution is 7.12. The number of hydrogen-bond donors (Lipinski definition) is 1. The van der Waals surface area contributed by atoms with E-state index in [-0.39, 0.29) is 5.56 Å². The van der Waals surface area contributed by atoms with Gasteiger partial charge in [0.15, 0.2) is 0 Å². The molecule has 0 atom stereocenters. The molecular formula is C13H16N2OS. The lowest BCUT2D eigenvalue weighted by atomic mass is 10.3. The number of aromatic nitrogens is 1. The van der Waals surface area contributed by atoms with Crippen molar-refractivity contribution in [3.05, 3.63) is 50.6 Å². The predicted molar refractivity (Wildman–Crippen MR) is 72.7 cm³/mol. The van der Waals surface area contributed by atoms with Crippen LogP contribution in [0.2, 0.25) is 0 Å². The van der Waals surface area contributed by atoms with E-state index in [0.29, 0.717) is 0 Å². The van der Waals surface area contributed by atoms with E-state index in [2.05, 4.69) is 24.4 Å². The SMILES string of the molecule is CCc1ccc(CNc2ccc(=O)n(C)c2)s1. The summed E-state index contributed by atoms with van der Waals surface area (Å²) < 4.78 is 1.58. The van der Waals surface area contributed by atoms with Crippen LogP contribution in [0.15, 0.2) is 35.3 Å². The standard InChI is InChI=1S/C13H16N2OS/c1-3-11-5-6-12(17-11)8-14-10-4-7-13(16)15(2)9-10/h4-7,9,14H,3,8H2,1-2H3. The topological polar surface area (TPSA) is 34.0 Å². The molecule has 0 saturated heterocycles. The van der Waals surface area contributed by atoms with E-state index < -0.39 is 0 Å². The van der Waals surface area contributed by atoms with Crippen LogP contribution in [0.25, 0.3) is 0 Å². The van der Waals surface area contributed by atoms with Crippen LogP contribution in [-0.4, -0.2) is 4.57 Å². The molecule has 0 bridgehead atoms. The van der Waals surface area contributed by atoms with Gasteiger partial charge in [-0.25, -0.2) is 0 Å². The highest BCUT2D eigenvalue weighted by atomic mass is 32.1. The molecule has 0 amide bonds. The number of hydrogen-bond acceptors (Lipinski definition) is 3. The molecule has 3 nitrogen and oxygen atoms in total. The fourth-order valence-electron chi connectivity index (χ4n) is 1.60. The Kier molecular flexibility index (Phi) is 3.64. The minimum Gasteiger partial charge on any atom is -0.379 e. The summed E-state index contributed by atoms with van der Waals surface area (Å²) in [7, 11) is 1.76. The summed E-state index contributed by atoms with van der Waals surface area (Å²) in [5.41, 5.74) is 0.985. The third kappa shape index (κ3) is 2.97. The number of aryl methyl sites for hydroxylation is 2. The van der Waals surface area contributed by atoms with Crippen molar-refractivity contribution >= 4 is 17.0 Å². The molecule has 17 heavy (non-hydrogen) atoms. The molecule has 2 heterocycles. The molecular weight excluding hydrogens is 232 g/mol. The number of thiophene rings is 1. The molecule has 2 aromatic heterocycles. The van der Waals surface area contributed by atoms with E-state index in [4.69, 9.17) is 0 Å². The van der Waals surface area contributed by atoms with Crippen LogP contribution in [0.1, 0.15) is 16.7 Å². The molecule has 0 aliphatic rings. The van der Waals surface area contributed by atoms with Crippen LogP contribution in [-0.2, 0) is 20.0 Å². The van der Waals surface area contributed by atoms with E-state index >= 15 is 0 Å². The van der Waals surface area contributed by atoms with Gasteiger partial charge in [0.25, 0.3) is 0 Å². The van der Waals surface area contributed by atoms with Gasteiger partial charge in [0, 0.05) is 35.6 Å². The second kappa shape index (κ2) is 5.19. The molecule has 2 rings (SSSR count). The van der Waals surface area contributed by atoms with Crippen molar-refractivity contribution in [2.75, 3.05) is 5.32 Å². The van der Waals surface area contributed by atoms with Gasteiger partial charge in [-0.05, 0) is 24.6 Å². The first-order chi connectivity index (χ1) is 8.19. The molecule has 0 aliphatic heterocycles. The van der Waals surface area contributed by atoms with Crippen LogP contribution in [0.3, 0.4) is 0 Å². The molecule has 0 spiro atoms. The first-order valence-corrected chi connectivity index (χ1v) is 6.49. The second-order valence-corrected chi connectivity index (χ2v) is 5.19. The van der Waals surface area contributed by atoms with Crippen LogP contribution >= 0.6 is 11.3 Å². The van der Waals surface area contributed by atoms with Gasteiger partial charge in [-0.1, -0.05) is 6.92 Å². The number of pyridine rings is 1. The van der Waals surface area contributed by atoms with E-state index in [1.54, 1.807) is 17.7 Å². The summed E-state index contributed by atoms with van der Waals surface area (Å²) in [6.07, 6.45) is 2.90. The molecule has 4 heteroatoms. The molecule has 0 radical (unpaired) electrons. The van der Waals surface area contributed by atoms with Crippen molar-refractivity contribution in [1.29, 1.82) is 0 Å². The third-order valence-electron chi connectivity index (χ3n) is 2.62. The summed E-state index contributed by atoms with van der Waals surface area (Å²) in [4.78, 5) is 13.9. The van der Waals surface area contributed by atoms with Gasteiger partial charge in [-0.15, -0.1) is 11.3 Å². The molecule has 0 saturated carbocycles. The van der Waals surface area contributed by atoms with E-state index in [1.807, 2.05) is 23.6 Å². The summed E-state index contributed by atoms with van der Waals surface area (Å²) in [6.45, 7) is 2.97. The molecule has 90 valence electrons. The number of nitrogens with zero attached hydrogens (tertiary/aromatic N) is 1. The van der Waals surface area contributed by atoms with Crippen molar-refractivity contribution in [3.63, 3.8) is 0 Å². The van der Waals surface area contributed by atoms with Crippen molar-refractivity contribution in [1.82, 2.24) is 4.57 Å². The Labute approximate surface area is 105 Å². The van der Waals surface area contributed by atoms with E-state index in [0.717, 1.165) is 18.7 Å². The zero-order chi connectivity index (χ0) is 12.3. The third-order valence-corrected chi connectivity index (χ3v) is 3.85. The maximum atomic E-state index is 11.2. The van der Waals surface area contributed by atoms with Crippen molar-refractivity contribution < 1.29 is 0 Å². The highest BCUT2D eigenvalue weighted by Gasteiger charge is 1.99. The molecule has 0 aromatic carbocycles. The Hall–Kier alpha value is -1.55. The zero-order valence-electron chi connectivity index (χ0n) is 10.1. The fourth-order valence-corrected chi connectivity index (χ4v) is 2.49. The number of anilines is 1. The smallest absolute Gasteiger partial charge is 0.250 e. The largest absolute Gasteiger partial charge is 0.379 e. The first-order valence-electron chi connectivity index (χ1n) is 5.67. The average Bonchev–Trinajstić information content (AvgIpc) is 2.79. The van der Waals surface area contributed by atoms with Crippen LogP contribution in [0.5, 0.6) is 0 Å². The number of rotatable bonds is 4. The molecule has 2 aromatic rings. The van der Waals surface area contributed by atoms with Gasteiger partial charge >= 0.3 is 0 Å². The number of nitrogens with one attached hydrogen (secondary N) is 1. The summed E-state index contributed by atoms with van der Waals surface area (Å²) in [6, 6.07) is 7.71. The summed E-state index contributed by atoms with van der Waals surface area (Å²) >= 11 is 1.83. The van der Waals surface area contributed by atoms with Crippen LogP contribution in [0.4, 0.5) is 5.69 Å². The lowest BCUT2D eigenvalue weighted by molar-refractivity contribution is 0.859. The Morgan fingerprint density at radius 1 is 1.24 bits per heavy atom. The lowest BCUT2D eigenvalue weighted by Crippen LogP contribution is -2.15. The maximum Gasteiger partial charge on any atom is 0.250 e. The van der Waals surface area contributed by atoms with E-state index in [1.165, 1.54) is 9.75 Å². The normalized spacial score (nSPS) is 10.5. The fraction of sp³-hybridized carbons (Fsp3) is 0.308. The second-order valence-electron chi connectivity index (χ2n) is 3.94. The Balaban J connectivity index is 2.02. The van der Waals surface area contributed by atoms with Gasteiger partial charge in [0.1, 0.15) is 0 Å². The molecule has 0 unspecified atom stereocenters. The van der Waals surface area contributed by atoms with Crippen molar-refractivity contribution in [2.45, 2.75) is 19.9 Å². The summed E-state index contributed by atoms with van der Waals surface area (Å²) in [5.74, 6) is 0. The van der Waals surface area contributed by atoms with Gasteiger partial charge in [-0.3, -0.25) is 4.79 Å². The van der Waals surface area contributed by atoms with Gasteiger partial charge < -0.3 is 9.88 Å². The quantitative estimate of drug-likeness (QED) is 0.902. The summed E-state index contributed by atoms with van der Waals surface area (Å²) in [5, 5.41) is 3.32. The minimum absolute atomic E-state index is 0.0138. The van der Waals surface area contributed by atoms with Crippen molar-refractivity contribution in [2.24, 2.45) is 7.05 Å². The lowest BCUT2D eigenvalue weighted by Gasteiger charge is -2.05. The van der Waals surface area contributed by atoms with Crippen molar-refractivity contribution in [3.8, 4) is 0 Å². The molecule has 1 N–H and O–H groups in total.